The summed E-state index contributed by atoms with van der Waals surface area (Å²) in [6, 6.07) is 0.691. The highest BCUT2D eigenvalue weighted by Gasteiger charge is 2.24. The molecule has 0 aromatic rings. The quantitative estimate of drug-likeness (QED) is 0.720. The molecule has 0 radical (unpaired) electrons. The Balaban J connectivity index is 1.63. The monoisotopic (exact) mass is 254 g/mol. The summed E-state index contributed by atoms with van der Waals surface area (Å²) in [5.41, 5.74) is 0. The first-order chi connectivity index (χ1) is 8.75. The molecule has 0 aromatic heterocycles. The molecule has 0 amide bonds. The van der Waals surface area contributed by atoms with Crippen LogP contribution in [0.4, 0.5) is 0 Å². The molecule has 1 saturated heterocycles. The predicted molar refractivity (Wildman–Crippen MR) is 75.6 cm³/mol. The lowest BCUT2D eigenvalue weighted by Gasteiger charge is -2.35. The van der Waals surface area contributed by atoms with Gasteiger partial charge in [-0.2, -0.15) is 0 Å². The summed E-state index contributed by atoms with van der Waals surface area (Å²) in [6.45, 7) is 9.86. The van der Waals surface area contributed by atoms with Crippen molar-refractivity contribution in [2.45, 2.75) is 52.0 Å². The third kappa shape index (κ3) is 5.25. The Labute approximate surface area is 112 Å². The normalized spacial score (nSPS) is 25.8. The zero-order valence-corrected chi connectivity index (χ0v) is 12.2. The van der Waals surface area contributed by atoms with E-state index in [1.165, 1.54) is 38.6 Å². The van der Waals surface area contributed by atoms with Crippen molar-refractivity contribution in [3.8, 4) is 0 Å². The van der Waals surface area contributed by atoms with Gasteiger partial charge in [0.1, 0.15) is 0 Å². The molecule has 2 aliphatic rings. The van der Waals surface area contributed by atoms with E-state index in [0.717, 1.165) is 38.3 Å². The Bertz CT molecular complexity index is 213. The fraction of sp³-hybridized carbons (Fsp3) is 1.00. The molecule has 2 rings (SSSR count). The molecule has 1 aliphatic heterocycles. The first-order valence-electron chi connectivity index (χ1n) is 7.78. The Kier molecular flexibility index (Phi) is 5.93. The van der Waals surface area contributed by atoms with Crippen molar-refractivity contribution >= 4 is 0 Å². The van der Waals surface area contributed by atoms with Crippen LogP contribution in [0.5, 0.6) is 0 Å². The van der Waals surface area contributed by atoms with Gasteiger partial charge >= 0.3 is 0 Å². The molecule has 3 heteroatoms. The minimum Gasteiger partial charge on any atom is -0.366 e. The van der Waals surface area contributed by atoms with Crippen molar-refractivity contribution in [1.29, 1.82) is 0 Å². The van der Waals surface area contributed by atoms with E-state index in [-0.39, 0.29) is 0 Å². The summed E-state index contributed by atoms with van der Waals surface area (Å²) in [7, 11) is 0. The van der Waals surface area contributed by atoms with Crippen LogP contribution >= 0.6 is 0 Å². The highest BCUT2D eigenvalue weighted by molar-refractivity contribution is 4.78. The fourth-order valence-corrected chi connectivity index (χ4v) is 2.62. The third-order valence-corrected chi connectivity index (χ3v) is 3.99. The molecule has 1 N–H and O–H groups in total. The largest absolute Gasteiger partial charge is 0.366 e. The van der Waals surface area contributed by atoms with Gasteiger partial charge in [0.15, 0.2) is 0 Å². The highest BCUT2D eigenvalue weighted by atomic mass is 16.5. The lowest BCUT2D eigenvalue weighted by molar-refractivity contribution is -0.0131. The average Bonchev–Trinajstić information content (AvgIpc) is 3.15. The fourth-order valence-electron chi connectivity index (χ4n) is 2.62. The van der Waals surface area contributed by atoms with Crippen LogP contribution in [-0.2, 0) is 4.74 Å². The second-order valence-corrected chi connectivity index (χ2v) is 6.46. The van der Waals surface area contributed by atoms with Gasteiger partial charge in [0.2, 0.25) is 0 Å². The molecule has 1 unspecified atom stereocenters. The minimum absolute atomic E-state index is 0.691. The van der Waals surface area contributed by atoms with Crippen LogP contribution in [0.15, 0.2) is 0 Å². The molecule has 106 valence electrons. The van der Waals surface area contributed by atoms with Crippen LogP contribution in [0.25, 0.3) is 0 Å². The van der Waals surface area contributed by atoms with Gasteiger partial charge in [-0.15, -0.1) is 0 Å². The van der Waals surface area contributed by atoms with Gasteiger partial charge in [-0.25, -0.2) is 0 Å². The summed E-state index contributed by atoms with van der Waals surface area (Å²) in [4.78, 5) is 2.54. The number of rotatable bonds is 8. The van der Waals surface area contributed by atoms with E-state index in [1.807, 2.05) is 0 Å². The van der Waals surface area contributed by atoms with Gasteiger partial charge in [-0.1, -0.05) is 20.3 Å². The Morgan fingerprint density at radius 3 is 2.78 bits per heavy atom. The van der Waals surface area contributed by atoms with Crippen molar-refractivity contribution in [3.63, 3.8) is 0 Å². The number of nitrogens with one attached hydrogen (secondary N) is 1. The van der Waals surface area contributed by atoms with Crippen LogP contribution < -0.4 is 5.32 Å². The first kappa shape index (κ1) is 14.3. The molecular weight excluding hydrogens is 224 g/mol. The molecule has 1 saturated carbocycles. The summed E-state index contributed by atoms with van der Waals surface area (Å²) in [5.74, 6) is 1.63. The highest BCUT2D eigenvalue weighted by Crippen LogP contribution is 2.29. The molecule has 0 spiro atoms. The molecule has 1 atom stereocenters. The van der Waals surface area contributed by atoms with Crippen LogP contribution in [0.2, 0.25) is 0 Å². The van der Waals surface area contributed by atoms with E-state index in [0.29, 0.717) is 6.04 Å². The van der Waals surface area contributed by atoms with Crippen molar-refractivity contribution < 1.29 is 4.74 Å². The summed E-state index contributed by atoms with van der Waals surface area (Å²) in [6.07, 6.45) is 6.83. The molecule has 0 bridgehead atoms. The molecule has 1 aliphatic carbocycles. The zero-order chi connectivity index (χ0) is 12.8. The van der Waals surface area contributed by atoms with Crippen LogP contribution in [-0.4, -0.2) is 43.9 Å². The van der Waals surface area contributed by atoms with Crippen LogP contribution in [0.3, 0.4) is 0 Å². The number of likely N-dealkylation sites (tertiary alicyclic amines) is 1. The maximum Gasteiger partial charge on any atom is 0.0993 e. The number of ether oxygens (including phenoxy) is 1. The predicted octanol–water partition coefficient (Wildman–Crippen LogP) is 2.47. The lowest BCUT2D eigenvalue weighted by atomic mass is 10.0. The second-order valence-electron chi connectivity index (χ2n) is 6.46. The minimum atomic E-state index is 0.691. The molecule has 18 heavy (non-hydrogen) atoms. The Morgan fingerprint density at radius 2 is 2.06 bits per heavy atom. The summed E-state index contributed by atoms with van der Waals surface area (Å²) in [5, 5.41) is 3.60. The number of nitrogens with zero attached hydrogens (tertiary/aromatic N) is 1. The first-order valence-corrected chi connectivity index (χ1v) is 7.78. The van der Waals surface area contributed by atoms with Gasteiger partial charge < -0.3 is 10.1 Å². The maximum atomic E-state index is 5.85. The topological polar surface area (TPSA) is 24.5 Å². The smallest absolute Gasteiger partial charge is 0.0993 e. The summed E-state index contributed by atoms with van der Waals surface area (Å²) >= 11 is 0. The standard InChI is InChI=1S/C15H30N2O/c1-13(2)9-16-10-15-5-3-4-8-17(15)12-18-11-14-6-7-14/h13-16H,3-12H2,1-2H3. The maximum absolute atomic E-state index is 5.85. The molecule has 1 heterocycles. The van der Waals surface area contributed by atoms with Crippen molar-refractivity contribution in [3.05, 3.63) is 0 Å². The SMILES string of the molecule is CC(C)CNCC1CCCCN1COCC1CC1. The second kappa shape index (κ2) is 7.46. The van der Waals surface area contributed by atoms with Crippen LogP contribution in [0.1, 0.15) is 46.0 Å². The van der Waals surface area contributed by atoms with Gasteiger partial charge in [-0.05, 0) is 44.1 Å². The molecular formula is C15H30N2O. The molecule has 0 aromatic carbocycles. The van der Waals surface area contributed by atoms with E-state index in [1.54, 1.807) is 0 Å². The zero-order valence-electron chi connectivity index (χ0n) is 12.2. The number of hydrogen-bond acceptors (Lipinski definition) is 3. The number of hydrogen-bond donors (Lipinski definition) is 1. The van der Waals surface area contributed by atoms with Crippen LogP contribution in [0, 0.1) is 11.8 Å². The number of piperidine rings is 1. The lowest BCUT2D eigenvalue weighted by Crippen LogP contribution is -2.47. The summed E-state index contributed by atoms with van der Waals surface area (Å²) < 4.78 is 5.85. The van der Waals surface area contributed by atoms with E-state index in [4.69, 9.17) is 4.74 Å². The Hall–Kier alpha value is -0.120. The van der Waals surface area contributed by atoms with Gasteiger partial charge in [0.25, 0.3) is 0 Å². The van der Waals surface area contributed by atoms with Crippen molar-refractivity contribution in [1.82, 2.24) is 10.2 Å². The molecule has 3 nitrogen and oxygen atoms in total. The average molecular weight is 254 g/mol. The van der Waals surface area contributed by atoms with Crippen molar-refractivity contribution in [2.75, 3.05) is 33.0 Å². The van der Waals surface area contributed by atoms with Gasteiger partial charge in [0, 0.05) is 19.1 Å². The van der Waals surface area contributed by atoms with E-state index >= 15 is 0 Å². The molecule has 2 fully saturated rings. The van der Waals surface area contributed by atoms with Gasteiger partial charge in [0.05, 0.1) is 13.3 Å². The van der Waals surface area contributed by atoms with E-state index in [2.05, 4.69) is 24.1 Å². The van der Waals surface area contributed by atoms with Gasteiger partial charge in [-0.3, -0.25) is 4.90 Å². The third-order valence-electron chi connectivity index (χ3n) is 3.99. The van der Waals surface area contributed by atoms with E-state index in [9.17, 15) is 0 Å². The Morgan fingerprint density at radius 1 is 1.22 bits per heavy atom. The van der Waals surface area contributed by atoms with E-state index < -0.39 is 0 Å². The van der Waals surface area contributed by atoms with Crippen molar-refractivity contribution in [2.24, 2.45) is 11.8 Å².